The molecule has 1 atom stereocenters. The van der Waals surface area contributed by atoms with Crippen LogP contribution in [0.2, 0.25) is 0 Å². The Bertz CT molecular complexity index is 780. The number of carbonyl (C=O) groups excluding carboxylic acids is 1. The summed E-state index contributed by atoms with van der Waals surface area (Å²) < 4.78 is 25.3. The molecule has 2 aromatic rings. The summed E-state index contributed by atoms with van der Waals surface area (Å²) in [6.45, 7) is 4.11. The Morgan fingerprint density at radius 1 is 1.12 bits per heavy atom. The Labute approximate surface area is 147 Å². The zero-order valence-corrected chi connectivity index (χ0v) is 15.8. The topological polar surface area (TPSA) is 66.5 Å². The number of thiophene rings is 1. The normalized spacial score (nSPS) is 13.2. The smallest absolute Gasteiger partial charge is 0.251 e. The summed E-state index contributed by atoms with van der Waals surface area (Å²) in [5, 5.41) is 5.01. The lowest BCUT2D eigenvalue weighted by molar-refractivity contribution is 0.0926. The summed E-state index contributed by atoms with van der Waals surface area (Å²) in [5.74, 6) is 0.0388. The highest BCUT2D eigenvalue weighted by Crippen LogP contribution is 2.26. The van der Waals surface area contributed by atoms with Gasteiger partial charge in [-0.05, 0) is 41.6 Å². The monoisotopic (exact) mass is 366 g/mol. The molecule has 0 radical (unpaired) electrons. The van der Waals surface area contributed by atoms with Crippen LogP contribution in [0.15, 0.2) is 46.7 Å². The van der Waals surface area contributed by atoms with Crippen molar-refractivity contribution in [2.75, 3.05) is 14.1 Å². The van der Waals surface area contributed by atoms with Crippen molar-refractivity contribution in [3.05, 3.63) is 52.2 Å². The first-order chi connectivity index (χ1) is 11.2. The molecule has 1 amide bonds. The second-order valence-electron chi connectivity index (χ2n) is 6.02. The summed E-state index contributed by atoms with van der Waals surface area (Å²) >= 11 is 1.61. The fourth-order valence-corrected chi connectivity index (χ4v) is 4.10. The molecule has 2 rings (SSSR count). The van der Waals surface area contributed by atoms with E-state index in [9.17, 15) is 13.2 Å². The van der Waals surface area contributed by atoms with Crippen LogP contribution in [0.3, 0.4) is 0 Å². The summed E-state index contributed by atoms with van der Waals surface area (Å²) in [6.07, 6.45) is 0. The number of benzene rings is 1. The van der Waals surface area contributed by atoms with Gasteiger partial charge < -0.3 is 5.32 Å². The molecule has 0 unspecified atom stereocenters. The van der Waals surface area contributed by atoms with Gasteiger partial charge >= 0.3 is 0 Å². The number of nitrogens with zero attached hydrogens (tertiary/aromatic N) is 1. The van der Waals surface area contributed by atoms with Gasteiger partial charge in [0, 0.05) is 24.5 Å². The largest absolute Gasteiger partial charge is 0.344 e. The summed E-state index contributed by atoms with van der Waals surface area (Å²) in [5.41, 5.74) is 0.440. The lowest BCUT2D eigenvalue weighted by atomic mass is 10.0. The van der Waals surface area contributed by atoms with Crippen molar-refractivity contribution in [1.82, 2.24) is 9.62 Å². The van der Waals surface area contributed by atoms with Crippen molar-refractivity contribution in [2.45, 2.75) is 24.8 Å². The SMILES string of the molecule is CC(C)[C@@H](NC(=O)c1ccc(S(=O)(=O)N(C)C)cc1)c1cccs1. The zero-order chi connectivity index (χ0) is 17.9. The van der Waals surface area contributed by atoms with Gasteiger partial charge in [-0.2, -0.15) is 0 Å². The molecule has 0 bridgehead atoms. The van der Waals surface area contributed by atoms with E-state index in [1.165, 1.54) is 38.4 Å². The minimum absolute atomic E-state index is 0.0670. The van der Waals surface area contributed by atoms with Gasteiger partial charge in [0.05, 0.1) is 10.9 Å². The van der Waals surface area contributed by atoms with Gasteiger partial charge in [-0.1, -0.05) is 19.9 Å². The van der Waals surface area contributed by atoms with Gasteiger partial charge in [0.1, 0.15) is 0 Å². The second kappa shape index (κ2) is 7.46. The molecule has 1 heterocycles. The predicted molar refractivity (Wildman–Crippen MR) is 96.7 cm³/mol. The Morgan fingerprint density at radius 3 is 2.21 bits per heavy atom. The van der Waals surface area contributed by atoms with Crippen LogP contribution in [-0.4, -0.2) is 32.7 Å². The Balaban J connectivity index is 2.18. The van der Waals surface area contributed by atoms with Gasteiger partial charge in [0.2, 0.25) is 10.0 Å². The van der Waals surface area contributed by atoms with E-state index in [2.05, 4.69) is 19.2 Å². The third-order valence-corrected chi connectivity index (χ3v) is 6.48. The van der Waals surface area contributed by atoms with Crippen molar-refractivity contribution < 1.29 is 13.2 Å². The van der Waals surface area contributed by atoms with Gasteiger partial charge in [-0.25, -0.2) is 12.7 Å². The molecule has 0 aliphatic rings. The number of rotatable bonds is 6. The van der Waals surface area contributed by atoms with Crippen LogP contribution >= 0.6 is 11.3 Å². The molecular formula is C17H22N2O3S2. The lowest BCUT2D eigenvalue weighted by Gasteiger charge is -2.21. The summed E-state index contributed by atoms with van der Waals surface area (Å²) in [7, 11) is -0.535. The molecular weight excluding hydrogens is 344 g/mol. The predicted octanol–water partition coefficient (Wildman–Crippen LogP) is 3.13. The molecule has 7 heteroatoms. The Morgan fingerprint density at radius 2 is 1.75 bits per heavy atom. The van der Waals surface area contributed by atoms with Crippen LogP contribution in [-0.2, 0) is 10.0 Å². The van der Waals surface area contributed by atoms with E-state index < -0.39 is 10.0 Å². The van der Waals surface area contributed by atoms with E-state index in [-0.39, 0.29) is 22.8 Å². The molecule has 0 fully saturated rings. The maximum atomic E-state index is 12.5. The van der Waals surface area contributed by atoms with E-state index in [1.54, 1.807) is 11.3 Å². The highest BCUT2D eigenvalue weighted by molar-refractivity contribution is 7.89. The molecule has 1 aromatic heterocycles. The lowest BCUT2D eigenvalue weighted by Crippen LogP contribution is -2.31. The minimum Gasteiger partial charge on any atom is -0.344 e. The highest BCUT2D eigenvalue weighted by Gasteiger charge is 2.21. The minimum atomic E-state index is -3.49. The van der Waals surface area contributed by atoms with Crippen molar-refractivity contribution >= 4 is 27.3 Å². The van der Waals surface area contributed by atoms with Gasteiger partial charge in [0.25, 0.3) is 5.91 Å². The molecule has 1 aromatic carbocycles. The third-order valence-electron chi connectivity index (χ3n) is 3.70. The molecule has 0 saturated heterocycles. The molecule has 130 valence electrons. The zero-order valence-electron chi connectivity index (χ0n) is 14.2. The average Bonchev–Trinajstić information content (AvgIpc) is 3.06. The molecule has 0 aliphatic carbocycles. The third kappa shape index (κ3) is 4.03. The number of sulfonamides is 1. The number of hydrogen-bond donors (Lipinski definition) is 1. The van der Waals surface area contributed by atoms with E-state index >= 15 is 0 Å². The van der Waals surface area contributed by atoms with Crippen molar-refractivity contribution in [3.63, 3.8) is 0 Å². The standard InChI is InChI=1S/C17H22N2O3S2/c1-12(2)16(15-6-5-11-23-15)18-17(20)13-7-9-14(10-8-13)24(21,22)19(3)4/h5-12,16H,1-4H3,(H,18,20)/t16-/m1/s1. The molecule has 5 nitrogen and oxygen atoms in total. The summed E-state index contributed by atoms with van der Waals surface area (Å²) in [6, 6.07) is 9.89. The first-order valence-electron chi connectivity index (χ1n) is 7.60. The van der Waals surface area contributed by atoms with Crippen LogP contribution < -0.4 is 5.32 Å². The van der Waals surface area contributed by atoms with E-state index in [1.807, 2.05) is 17.5 Å². The maximum absolute atomic E-state index is 12.5. The maximum Gasteiger partial charge on any atom is 0.251 e. The fourth-order valence-electron chi connectivity index (χ4n) is 2.25. The van der Waals surface area contributed by atoms with Gasteiger partial charge in [-0.15, -0.1) is 11.3 Å². The first kappa shape index (κ1) is 18.6. The number of hydrogen-bond acceptors (Lipinski definition) is 4. The first-order valence-corrected chi connectivity index (χ1v) is 9.92. The Hall–Kier alpha value is -1.70. The van der Waals surface area contributed by atoms with Crippen LogP contribution in [0.1, 0.15) is 35.1 Å². The van der Waals surface area contributed by atoms with E-state index in [0.29, 0.717) is 5.56 Å². The number of carbonyl (C=O) groups is 1. The molecule has 0 saturated carbocycles. The van der Waals surface area contributed by atoms with Crippen molar-refractivity contribution in [2.24, 2.45) is 5.92 Å². The van der Waals surface area contributed by atoms with Crippen LogP contribution in [0.4, 0.5) is 0 Å². The van der Waals surface area contributed by atoms with Crippen LogP contribution in [0.5, 0.6) is 0 Å². The number of nitrogens with one attached hydrogen (secondary N) is 1. The fraction of sp³-hybridized carbons (Fsp3) is 0.353. The van der Waals surface area contributed by atoms with Crippen LogP contribution in [0, 0.1) is 5.92 Å². The molecule has 24 heavy (non-hydrogen) atoms. The second-order valence-corrected chi connectivity index (χ2v) is 9.15. The van der Waals surface area contributed by atoms with Gasteiger partial charge in [-0.3, -0.25) is 4.79 Å². The van der Waals surface area contributed by atoms with Gasteiger partial charge in [0.15, 0.2) is 0 Å². The Kier molecular flexibility index (Phi) is 5.79. The van der Waals surface area contributed by atoms with E-state index in [0.717, 1.165) is 9.18 Å². The summed E-state index contributed by atoms with van der Waals surface area (Å²) in [4.78, 5) is 13.8. The van der Waals surface area contributed by atoms with Crippen molar-refractivity contribution in [3.8, 4) is 0 Å². The quantitative estimate of drug-likeness (QED) is 0.854. The average molecular weight is 367 g/mol. The highest BCUT2D eigenvalue weighted by atomic mass is 32.2. The van der Waals surface area contributed by atoms with Crippen molar-refractivity contribution in [1.29, 1.82) is 0 Å². The molecule has 1 N–H and O–H groups in total. The van der Waals surface area contributed by atoms with Crippen LogP contribution in [0.25, 0.3) is 0 Å². The molecule has 0 spiro atoms. The molecule has 0 aliphatic heterocycles. The number of amides is 1. The van der Waals surface area contributed by atoms with E-state index in [4.69, 9.17) is 0 Å².